The highest BCUT2D eigenvalue weighted by atomic mass is 32.2. The molecular weight excluding hydrogens is 548 g/mol. The topological polar surface area (TPSA) is 151 Å². The van der Waals surface area contributed by atoms with Crippen molar-refractivity contribution in [2.45, 2.75) is 22.5 Å². The van der Waals surface area contributed by atoms with E-state index in [2.05, 4.69) is 5.32 Å². The summed E-state index contributed by atoms with van der Waals surface area (Å²) in [5.74, 6) is -1.06. The summed E-state index contributed by atoms with van der Waals surface area (Å²) in [6.07, 6.45) is 1.45. The van der Waals surface area contributed by atoms with Crippen LogP contribution in [0.4, 0.5) is 11.4 Å². The van der Waals surface area contributed by atoms with E-state index >= 15 is 0 Å². The summed E-state index contributed by atoms with van der Waals surface area (Å²) in [5.41, 5.74) is 0.593. The number of carbonyl (C=O) groups excluding carboxylic acids is 2. The van der Waals surface area contributed by atoms with Gasteiger partial charge in [0.2, 0.25) is 5.75 Å². The van der Waals surface area contributed by atoms with Crippen LogP contribution in [0.15, 0.2) is 69.3 Å². The third kappa shape index (κ3) is 6.04. The molecule has 0 unspecified atom stereocenters. The molecule has 39 heavy (non-hydrogen) atoms. The molecule has 0 spiro atoms. The summed E-state index contributed by atoms with van der Waals surface area (Å²) in [5, 5.41) is 14.1. The summed E-state index contributed by atoms with van der Waals surface area (Å²) < 4.78 is 42.0. The number of thioether (sulfide) groups is 1. The van der Waals surface area contributed by atoms with Gasteiger partial charge in [0, 0.05) is 17.9 Å². The molecule has 1 amide bonds. The number of nitro groups is 1. The molecule has 0 saturated carbocycles. The van der Waals surface area contributed by atoms with Crippen LogP contribution in [0.5, 0.6) is 17.2 Å². The zero-order chi connectivity index (χ0) is 28.3. The number of ether oxygens (including phenoxy) is 3. The minimum atomic E-state index is -3.85. The van der Waals surface area contributed by atoms with Crippen LogP contribution in [0.2, 0.25) is 0 Å². The molecule has 13 heteroatoms. The SMILES string of the molecule is COc1cccc(OC)c1CS(=O)(=O)c1ccc2c(c1)NC(=O)/C(=C/c1ccc(OC(C)=O)c([N+](=O)[O-])c1)S2. The molecular formula is C26H22N2O9S2. The number of benzene rings is 3. The highest BCUT2D eigenvalue weighted by Gasteiger charge is 2.26. The third-order valence-electron chi connectivity index (χ3n) is 5.60. The number of nitrogens with zero attached hydrogens (tertiary/aromatic N) is 1. The Bertz CT molecular complexity index is 1610. The Labute approximate surface area is 227 Å². The van der Waals surface area contributed by atoms with Gasteiger partial charge in [-0.25, -0.2) is 8.42 Å². The van der Waals surface area contributed by atoms with Crippen molar-refractivity contribution in [2.24, 2.45) is 0 Å². The van der Waals surface area contributed by atoms with Crippen LogP contribution in [0.1, 0.15) is 18.1 Å². The predicted octanol–water partition coefficient (Wildman–Crippen LogP) is 4.60. The van der Waals surface area contributed by atoms with Crippen LogP contribution < -0.4 is 19.5 Å². The lowest BCUT2D eigenvalue weighted by atomic mass is 10.1. The van der Waals surface area contributed by atoms with Crippen molar-refractivity contribution in [3.05, 3.63) is 80.7 Å². The molecule has 0 fully saturated rings. The van der Waals surface area contributed by atoms with Gasteiger partial charge in [-0.15, -0.1) is 0 Å². The van der Waals surface area contributed by atoms with E-state index < -0.39 is 32.3 Å². The molecule has 0 aliphatic carbocycles. The van der Waals surface area contributed by atoms with Crippen molar-refractivity contribution in [1.29, 1.82) is 0 Å². The van der Waals surface area contributed by atoms with Crippen molar-refractivity contribution >= 4 is 50.9 Å². The average Bonchev–Trinajstić information content (AvgIpc) is 2.89. The lowest BCUT2D eigenvalue weighted by Gasteiger charge is -2.20. The van der Waals surface area contributed by atoms with E-state index in [4.69, 9.17) is 14.2 Å². The van der Waals surface area contributed by atoms with Gasteiger partial charge in [-0.3, -0.25) is 19.7 Å². The van der Waals surface area contributed by atoms with E-state index in [1.165, 1.54) is 50.6 Å². The molecule has 0 atom stereocenters. The summed E-state index contributed by atoms with van der Waals surface area (Å²) in [7, 11) is -0.975. The first-order valence-corrected chi connectivity index (χ1v) is 13.7. The van der Waals surface area contributed by atoms with Gasteiger partial charge in [-0.2, -0.15) is 0 Å². The number of hydrogen-bond donors (Lipinski definition) is 1. The van der Waals surface area contributed by atoms with E-state index in [0.29, 0.717) is 33.2 Å². The summed E-state index contributed by atoms with van der Waals surface area (Å²) >= 11 is 1.08. The van der Waals surface area contributed by atoms with Crippen molar-refractivity contribution in [2.75, 3.05) is 19.5 Å². The number of sulfone groups is 1. The quantitative estimate of drug-likeness (QED) is 0.134. The molecule has 0 radical (unpaired) electrons. The molecule has 4 rings (SSSR count). The number of anilines is 1. The fraction of sp³-hybridized carbons (Fsp3) is 0.154. The van der Waals surface area contributed by atoms with Gasteiger partial charge in [0.05, 0.1) is 45.9 Å². The second-order valence-corrected chi connectivity index (χ2v) is 11.3. The first-order chi connectivity index (χ1) is 18.5. The van der Waals surface area contributed by atoms with E-state index in [0.717, 1.165) is 18.7 Å². The summed E-state index contributed by atoms with van der Waals surface area (Å²) in [4.78, 5) is 35.6. The third-order valence-corrected chi connectivity index (χ3v) is 8.34. The van der Waals surface area contributed by atoms with E-state index in [1.54, 1.807) is 24.3 Å². The normalized spacial score (nSPS) is 13.8. The van der Waals surface area contributed by atoms with Crippen LogP contribution in [-0.2, 0) is 25.2 Å². The maximum absolute atomic E-state index is 13.3. The first-order valence-electron chi connectivity index (χ1n) is 11.3. The van der Waals surface area contributed by atoms with Gasteiger partial charge < -0.3 is 19.5 Å². The van der Waals surface area contributed by atoms with Crippen molar-refractivity contribution in [3.63, 3.8) is 0 Å². The smallest absolute Gasteiger partial charge is 0.312 e. The Kier molecular flexibility index (Phi) is 7.93. The van der Waals surface area contributed by atoms with Crippen LogP contribution in [0.25, 0.3) is 6.08 Å². The number of fused-ring (bicyclic) bond motifs is 1. The Balaban J connectivity index is 1.62. The Morgan fingerprint density at radius 3 is 2.36 bits per heavy atom. The molecule has 1 heterocycles. The van der Waals surface area contributed by atoms with Crippen LogP contribution in [0.3, 0.4) is 0 Å². The number of nitro benzene ring substituents is 1. The molecule has 0 aromatic heterocycles. The summed E-state index contributed by atoms with van der Waals surface area (Å²) in [6, 6.07) is 13.3. The highest BCUT2D eigenvalue weighted by molar-refractivity contribution is 8.04. The number of carbonyl (C=O) groups is 2. The van der Waals surface area contributed by atoms with Crippen molar-refractivity contribution in [1.82, 2.24) is 0 Å². The Hall–Kier alpha value is -4.36. The minimum Gasteiger partial charge on any atom is -0.496 e. The molecule has 3 aromatic rings. The van der Waals surface area contributed by atoms with Gasteiger partial charge in [0.15, 0.2) is 9.84 Å². The number of rotatable bonds is 8. The summed E-state index contributed by atoms with van der Waals surface area (Å²) in [6.45, 7) is 1.13. The second kappa shape index (κ2) is 11.2. The first kappa shape index (κ1) is 27.7. The molecule has 202 valence electrons. The van der Waals surface area contributed by atoms with Gasteiger partial charge in [-0.05, 0) is 48.0 Å². The number of amides is 1. The number of methoxy groups -OCH3 is 2. The second-order valence-electron chi connectivity index (χ2n) is 8.20. The molecule has 11 nitrogen and oxygen atoms in total. The van der Waals surface area contributed by atoms with Gasteiger partial charge >= 0.3 is 11.7 Å². The van der Waals surface area contributed by atoms with E-state index in [9.17, 15) is 28.1 Å². The van der Waals surface area contributed by atoms with E-state index in [1.807, 2.05) is 0 Å². The molecule has 3 aromatic carbocycles. The van der Waals surface area contributed by atoms with Crippen molar-refractivity contribution < 1.29 is 37.1 Å². The van der Waals surface area contributed by atoms with Gasteiger partial charge in [0.25, 0.3) is 5.91 Å². The highest BCUT2D eigenvalue weighted by Crippen LogP contribution is 2.41. The fourth-order valence-electron chi connectivity index (χ4n) is 3.84. The average molecular weight is 571 g/mol. The van der Waals surface area contributed by atoms with Crippen LogP contribution >= 0.6 is 11.8 Å². The number of nitrogens with one attached hydrogen (secondary N) is 1. The molecule has 1 aliphatic heterocycles. The standard InChI is InChI=1S/C26H22N2O9S2/c1-15(29)37-23-9-7-16(11-20(23)28(31)32)12-25-26(30)27-19-13-17(8-10-24(19)38-25)39(33,34)14-18-21(35-2)5-4-6-22(18)36-3/h4-13H,14H2,1-3H3,(H,27,30)/b25-12-. The largest absolute Gasteiger partial charge is 0.496 e. The predicted molar refractivity (Wildman–Crippen MR) is 144 cm³/mol. The van der Waals surface area contributed by atoms with Gasteiger partial charge in [-0.1, -0.05) is 23.9 Å². The maximum atomic E-state index is 13.3. The monoisotopic (exact) mass is 570 g/mol. The minimum absolute atomic E-state index is 0.000719. The fourth-order valence-corrected chi connectivity index (χ4v) is 6.17. The van der Waals surface area contributed by atoms with E-state index in [-0.39, 0.29) is 21.3 Å². The molecule has 1 aliphatic rings. The molecule has 0 bridgehead atoms. The number of hydrogen-bond acceptors (Lipinski definition) is 10. The van der Waals surface area contributed by atoms with Crippen molar-refractivity contribution in [3.8, 4) is 17.2 Å². The maximum Gasteiger partial charge on any atom is 0.312 e. The van der Waals surface area contributed by atoms with Gasteiger partial charge in [0.1, 0.15) is 11.5 Å². The lowest BCUT2D eigenvalue weighted by Crippen LogP contribution is -2.18. The zero-order valence-electron chi connectivity index (χ0n) is 20.9. The zero-order valence-corrected chi connectivity index (χ0v) is 22.6. The molecule has 1 N–H and O–H groups in total. The van der Waals surface area contributed by atoms with Crippen LogP contribution in [0, 0.1) is 10.1 Å². The Morgan fingerprint density at radius 1 is 1.05 bits per heavy atom. The lowest BCUT2D eigenvalue weighted by molar-refractivity contribution is -0.385. The molecule has 0 saturated heterocycles. The Morgan fingerprint density at radius 2 is 1.74 bits per heavy atom. The number of esters is 1. The van der Waals surface area contributed by atoms with Crippen LogP contribution in [-0.4, -0.2) is 39.4 Å².